The molecule has 2 aromatic rings. The van der Waals surface area contributed by atoms with E-state index in [9.17, 15) is 4.21 Å². The van der Waals surface area contributed by atoms with E-state index in [4.69, 9.17) is 5.26 Å². The van der Waals surface area contributed by atoms with Crippen LogP contribution in [0.15, 0.2) is 48.5 Å². The van der Waals surface area contributed by atoms with Crippen molar-refractivity contribution in [3.8, 4) is 6.07 Å². The SMILES string of the molecule is CC(C)(C)[S@](=O)Cc1cccc(NCc2cccc(C#N)c2)c1. The fourth-order valence-corrected chi connectivity index (χ4v) is 3.01. The lowest BCUT2D eigenvalue weighted by Crippen LogP contribution is -2.22. The summed E-state index contributed by atoms with van der Waals surface area (Å²) in [6.07, 6.45) is 0. The number of hydrogen-bond donors (Lipinski definition) is 1. The lowest BCUT2D eigenvalue weighted by molar-refractivity contribution is 0.648. The second-order valence-electron chi connectivity index (χ2n) is 6.47. The summed E-state index contributed by atoms with van der Waals surface area (Å²) in [5, 5.41) is 12.3. The standard InChI is InChI=1S/C19H22N2OS/c1-19(2,3)23(22)14-17-8-5-9-18(11-17)21-13-16-7-4-6-15(10-16)12-20/h4-11,21H,13-14H2,1-3H3/t23-/m1/s1. The summed E-state index contributed by atoms with van der Waals surface area (Å²) in [6.45, 7) is 6.63. The molecule has 0 heterocycles. The van der Waals surface area contributed by atoms with Gasteiger partial charge >= 0.3 is 0 Å². The second kappa shape index (κ2) is 7.43. The maximum Gasteiger partial charge on any atom is 0.0991 e. The van der Waals surface area contributed by atoms with Crippen molar-refractivity contribution >= 4 is 16.5 Å². The molecule has 1 N–H and O–H groups in total. The maximum atomic E-state index is 12.3. The zero-order chi connectivity index (χ0) is 16.9. The van der Waals surface area contributed by atoms with Crippen molar-refractivity contribution in [3.63, 3.8) is 0 Å². The van der Waals surface area contributed by atoms with Crippen molar-refractivity contribution in [2.75, 3.05) is 5.32 Å². The van der Waals surface area contributed by atoms with E-state index in [2.05, 4.69) is 11.4 Å². The highest BCUT2D eigenvalue weighted by molar-refractivity contribution is 7.85. The van der Waals surface area contributed by atoms with Crippen LogP contribution in [0.5, 0.6) is 0 Å². The van der Waals surface area contributed by atoms with Gasteiger partial charge in [0.1, 0.15) is 0 Å². The van der Waals surface area contributed by atoms with Crippen LogP contribution in [-0.2, 0) is 23.1 Å². The van der Waals surface area contributed by atoms with Crippen LogP contribution in [0.25, 0.3) is 0 Å². The summed E-state index contributed by atoms with van der Waals surface area (Å²) in [6, 6.07) is 17.7. The van der Waals surface area contributed by atoms with E-state index in [0.717, 1.165) is 16.8 Å². The number of nitrogens with zero attached hydrogens (tertiary/aromatic N) is 1. The van der Waals surface area contributed by atoms with Crippen molar-refractivity contribution < 1.29 is 4.21 Å². The smallest absolute Gasteiger partial charge is 0.0991 e. The third-order valence-corrected chi connectivity index (χ3v) is 5.42. The third kappa shape index (κ3) is 5.22. The van der Waals surface area contributed by atoms with Crippen molar-refractivity contribution in [3.05, 3.63) is 65.2 Å². The second-order valence-corrected chi connectivity index (χ2v) is 8.67. The van der Waals surface area contributed by atoms with Crippen molar-refractivity contribution in [1.29, 1.82) is 5.26 Å². The molecule has 0 spiro atoms. The molecule has 0 amide bonds. The molecule has 2 rings (SSSR count). The number of rotatable bonds is 5. The molecule has 0 saturated carbocycles. The fourth-order valence-electron chi connectivity index (χ4n) is 2.09. The Labute approximate surface area is 140 Å². The molecule has 0 unspecified atom stereocenters. The zero-order valence-corrected chi connectivity index (χ0v) is 14.6. The van der Waals surface area contributed by atoms with Gasteiger partial charge in [0.25, 0.3) is 0 Å². The van der Waals surface area contributed by atoms with E-state index < -0.39 is 10.8 Å². The van der Waals surface area contributed by atoms with Crippen LogP contribution in [0.2, 0.25) is 0 Å². The Kier molecular flexibility index (Phi) is 5.57. The summed E-state index contributed by atoms with van der Waals surface area (Å²) in [5.74, 6) is 0.558. The first-order valence-electron chi connectivity index (χ1n) is 7.59. The first-order chi connectivity index (χ1) is 10.9. The number of hydrogen-bond acceptors (Lipinski definition) is 3. The molecular weight excluding hydrogens is 304 g/mol. The predicted molar refractivity (Wildman–Crippen MR) is 96.5 cm³/mol. The lowest BCUT2D eigenvalue weighted by atomic mass is 10.1. The van der Waals surface area contributed by atoms with Gasteiger partial charge in [0, 0.05) is 33.5 Å². The van der Waals surface area contributed by atoms with Crippen LogP contribution in [0.4, 0.5) is 5.69 Å². The topological polar surface area (TPSA) is 52.9 Å². The van der Waals surface area contributed by atoms with Crippen LogP contribution in [0, 0.1) is 11.3 Å². The highest BCUT2D eigenvalue weighted by Crippen LogP contribution is 2.19. The van der Waals surface area contributed by atoms with Gasteiger partial charge in [-0.1, -0.05) is 24.3 Å². The molecule has 0 aliphatic rings. The Morgan fingerprint density at radius 3 is 2.48 bits per heavy atom. The Morgan fingerprint density at radius 2 is 1.78 bits per heavy atom. The van der Waals surface area contributed by atoms with Crippen LogP contribution in [0.1, 0.15) is 37.5 Å². The summed E-state index contributed by atoms with van der Waals surface area (Å²) < 4.78 is 12.0. The minimum absolute atomic E-state index is 0.207. The van der Waals surface area contributed by atoms with Gasteiger partial charge in [-0.25, -0.2) is 0 Å². The Morgan fingerprint density at radius 1 is 1.09 bits per heavy atom. The van der Waals surface area contributed by atoms with E-state index in [1.807, 2.05) is 63.2 Å². The molecule has 120 valence electrons. The van der Waals surface area contributed by atoms with E-state index in [1.165, 1.54) is 0 Å². The maximum absolute atomic E-state index is 12.3. The monoisotopic (exact) mass is 326 g/mol. The average molecular weight is 326 g/mol. The van der Waals surface area contributed by atoms with Gasteiger partial charge in [0.15, 0.2) is 0 Å². The average Bonchev–Trinajstić information content (AvgIpc) is 2.52. The van der Waals surface area contributed by atoms with Crippen molar-refractivity contribution in [2.45, 2.75) is 37.8 Å². The molecule has 0 aliphatic heterocycles. The molecule has 2 aromatic carbocycles. The van der Waals surface area contributed by atoms with Gasteiger partial charge in [0.2, 0.25) is 0 Å². The van der Waals surface area contributed by atoms with Gasteiger partial charge in [-0.2, -0.15) is 5.26 Å². The largest absolute Gasteiger partial charge is 0.381 e. The lowest BCUT2D eigenvalue weighted by Gasteiger charge is -2.18. The molecule has 0 aliphatic carbocycles. The molecule has 0 saturated heterocycles. The number of benzene rings is 2. The first kappa shape index (κ1) is 17.2. The fraction of sp³-hybridized carbons (Fsp3) is 0.316. The Bertz CT molecular complexity index is 742. The number of nitrogens with one attached hydrogen (secondary N) is 1. The Balaban J connectivity index is 2.03. The van der Waals surface area contributed by atoms with Gasteiger partial charge in [0.05, 0.1) is 11.6 Å². The molecular formula is C19H22N2OS. The molecule has 3 nitrogen and oxygen atoms in total. The van der Waals surface area contributed by atoms with E-state index in [0.29, 0.717) is 17.9 Å². The molecule has 4 heteroatoms. The van der Waals surface area contributed by atoms with E-state index in [1.54, 1.807) is 6.07 Å². The summed E-state index contributed by atoms with van der Waals surface area (Å²) in [4.78, 5) is 0. The van der Waals surface area contributed by atoms with Crippen molar-refractivity contribution in [2.24, 2.45) is 0 Å². The van der Waals surface area contributed by atoms with E-state index in [-0.39, 0.29) is 4.75 Å². The van der Waals surface area contributed by atoms with Crippen LogP contribution in [0.3, 0.4) is 0 Å². The Hall–Kier alpha value is -2.12. The minimum Gasteiger partial charge on any atom is -0.381 e. The van der Waals surface area contributed by atoms with Gasteiger partial charge in [-0.15, -0.1) is 0 Å². The van der Waals surface area contributed by atoms with Crippen LogP contribution in [-0.4, -0.2) is 8.96 Å². The van der Waals surface area contributed by atoms with E-state index >= 15 is 0 Å². The number of nitriles is 1. The van der Waals surface area contributed by atoms with Crippen LogP contribution < -0.4 is 5.32 Å². The van der Waals surface area contributed by atoms with Crippen molar-refractivity contribution in [1.82, 2.24) is 0 Å². The predicted octanol–water partition coefficient (Wildman–Crippen LogP) is 4.22. The quantitative estimate of drug-likeness (QED) is 0.895. The minimum atomic E-state index is -0.905. The molecule has 0 bridgehead atoms. The first-order valence-corrected chi connectivity index (χ1v) is 8.91. The summed E-state index contributed by atoms with van der Waals surface area (Å²) >= 11 is 0. The molecule has 0 fully saturated rings. The van der Waals surface area contributed by atoms with Crippen LogP contribution >= 0.6 is 0 Å². The molecule has 0 radical (unpaired) electrons. The zero-order valence-electron chi connectivity index (χ0n) is 13.8. The normalized spacial score (nSPS) is 12.4. The summed E-state index contributed by atoms with van der Waals surface area (Å²) in [5.41, 5.74) is 3.79. The van der Waals surface area contributed by atoms with Gasteiger partial charge in [-0.05, 0) is 56.2 Å². The van der Waals surface area contributed by atoms with Gasteiger partial charge in [-0.3, -0.25) is 4.21 Å². The molecule has 1 atom stereocenters. The third-order valence-electron chi connectivity index (χ3n) is 3.46. The molecule has 0 aromatic heterocycles. The highest BCUT2D eigenvalue weighted by Gasteiger charge is 2.19. The highest BCUT2D eigenvalue weighted by atomic mass is 32.2. The number of anilines is 1. The van der Waals surface area contributed by atoms with Gasteiger partial charge < -0.3 is 5.32 Å². The molecule has 23 heavy (non-hydrogen) atoms. The summed E-state index contributed by atoms with van der Waals surface area (Å²) in [7, 11) is -0.905.